The first-order valence-electron chi connectivity index (χ1n) is 11.2. The van der Waals surface area contributed by atoms with Crippen LogP contribution in [0.3, 0.4) is 0 Å². The first-order chi connectivity index (χ1) is 16.5. The number of hydrogen-bond acceptors (Lipinski definition) is 5. The number of aliphatic imine (C=N–C) groups is 1. The quantitative estimate of drug-likeness (QED) is 0.268. The number of nitrogens with two attached hydrogens (primary N) is 1. The number of ether oxygens (including phenoxy) is 1. The second kappa shape index (κ2) is 10.0. The molecular formula is C24H27BrClFN6O2. The second-order valence-corrected chi connectivity index (χ2v) is 10.8. The highest BCUT2D eigenvalue weighted by atomic mass is 79.9. The molecule has 2 aromatic heterocycles. The molecule has 0 unspecified atom stereocenters. The number of carbonyl (C=O) groups is 1. The van der Waals surface area contributed by atoms with E-state index in [0.717, 1.165) is 28.5 Å². The van der Waals surface area contributed by atoms with Crippen LogP contribution in [-0.4, -0.2) is 39.2 Å². The van der Waals surface area contributed by atoms with Gasteiger partial charge in [0.05, 0.1) is 33.7 Å². The summed E-state index contributed by atoms with van der Waals surface area (Å²) in [6, 6.07) is 5.90. The SMILES string of the molecule is CC(C)(C)OC(=O)N[C@@H]1CC[C@H](Nc2c(C(N)=Nc3cc(F)ccc3Cl)cnn3cc(Br)cc23)C1. The molecule has 2 heterocycles. The topological polar surface area (TPSA) is 106 Å². The second-order valence-electron chi connectivity index (χ2n) is 9.51. The molecule has 2 atom stereocenters. The Morgan fingerprint density at radius 2 is 2.06 bits per heavy atom. The molecule has 1 amide bonds. The van der Waals surface area contributed by atoms with Crippen LogP contribution in [0.5, 0.6) is 0 Å². The van der Waals surface area contributed by atoms with Crippen molar-refractivity contribution in [3.05, 3.63) is 57.5 Å². The number of rotatable bonds is 5. The van der Waals surface area contributed by atoms with Gasteiger partial charge in [0.1, 0.15) is 17.3 Å². The number of nitrogens with one attached hydrogen (secondary N) is 2. The van der Waals surface area contributed by atoms with Gasteiger partial charge in [-0.15, -0.1) is 0 Å². The van der Waals surface area contributed by atoms with Gasteiger partial charge in [0.25, 0.3) is 0 Å². The van der Waals surface area contributed by atoms with Gasteiger partial charge in [0.2, 0.25) is 0 Å². The van der Waals surface area contributed by atoms with Crippen molar-refractivity contribution in [1.29, 1.82) is 0 Å². The largest absolute Gasteiger partial charge is 0.444 e. The Bertz CT molecular complexity index is 1290. The number of halogens is 3. The van der Waals surface area contributed by atoms with Crippen LogP contribution >= 0.6 is 27.5 Å². The fourth-order valence-corrected chi connectivity index (χ4v) is 4.63. The zero-order chi connectivity index (χ0) is 25.3. The fourth-order valence-electron chi connectivity index (χ4n) is 4.05. The lowest BCUT2D eigenvalue weighted by Gasteiger charge is -2.22. The highest BCUT2D eigenvalue weighted by Gasteiger charge is 2.29. The molecule has 0 bridgehead atoms. The molecular weight excluding hydrogens is 539 g/mol. The minimum absolute atomic E-state index is 0.0145. The van der Waals surface area contributed by atoms with E-state index >= 15 is 0 Å². The van der Waals surface area contributed by atoms with Crippen LogP contribution in [0.25, 0.3) is 5.52 Å². The van der Waals surface area contributed by atoms with Crippen LogP contribution in [0, 0.1) is 5.82 Å². The molecule has 1 aliphatic rings. The maximum atomic E-state index is 13.7. The third-order valence-corrected chi connectivity index (χ3v) is 6.28. The van der Waals surface area contributed by atoms with Gasteiger partial charge >= 0.3 is 6.09 Å². The lowest BCUT2D eigenvalue weighted by atomic mass is 10.1. The van der Waals surface area contributed by atoms with Crippen molar-refractivity contribution in [3.63, 3.8) is 0 Å². The molecule has 1 aromatic carbocycles. The van der Waals surface area contributed by atoms with E-state index in [4.69, 9.17) is 22.1 Å². The molecule has 11 heteroatoms. The third-order valence-electron chi connectivity index (χ3n) is 5.53. The minimum Gasteiger partial charge on any atom is -0.444 e. The molecule has 1 saturated carbocycles. The molecule has 0 spiro atoms. The Hall–Kier alpha value is -2.85. The van der Waals surface area contributed by atoms with Crippen LogP contribution in [0.2, 0.25) is 5.02 Å². The number of nitrogens with zero attached hydrogens (tertiary/aromatic N) is 3. The fraction of sp³-hybridized carbons (Fsp3) is 0.375. The molecule has 0 radical (unpaired) electrons. The van der Waals surface area contributed by atoms with E-state index in [1.165, 1.54) is 18.2 Å². The van der Waals surface area contributed by atoms with E-state index in [1.54, 1.807) is 10.7 Å². The van der Waals surface area contributed by atoms with Gasteiger partial charge in [-0.1, -0.05) is 11.6 Å². The van der Waals surface area contributed by atoms with Crippen molar-refractivity contribution in [2.24, 2.45) is 10.7 Å². The van der Waals surface area contributed by atoms with E-state index in [9.17, 15) is 9.18 Å². The third kappa shape index (κ3) is 6.24. The molecule has 4 N–H and O–H groups in total. The number of aromatic nitrogens is 2. The zero-order valence-electron chi connectivity index (χ0n) is 19.6. The summed E-state index contributed by atoms with van der Waals surface area (Å²) in [4.78, 5) is 16.6. The van der Waals surface area contributed by atoms with Gasteiger partial charge in [0, 0.05) is 28.8 Å². The van der Waals surface area contributed by atoms with Gasteiger partial charge in [0.15, 0.2) is 0 Å². The lowest BCUT2D eigenvalue weighted by Crippen LogP contribution is -2.38. The van der Waals surface area contributed by atoms with Crippen LogP contribution in [-0.2, 0) is 4.74 Å². The van der Waals surface area contributed by atoms with Crippen LogP contribution in [0.15, 0.2) is 46.1 Å². The Balaban J connectivity index is 1.60. The smallest absolute Gasteiger partial charge is 0.407 e. The van der Waals surface area contributed by atoms with Gasteiger partial charge in [-0.2, -0.15) is 5.10 Å². The number of fused-ring (bicyclic) bond motifs is 1. The Morgan fingerprint density at radius 3 is 2.80 bits per heavy atom. The summed E-state index contributed by atoms with van der Waals surface area (Å²) in [7, 11) is 0. The molecule has 4 rings (SSSR count). The van der Waals surface area contributed by atoms with Crippen LogP contribution in [0.1, 0.15) is 45.6 Å². The van der Waals surface area contributed by atoms with Crippen LogP contribution in [0.4, 0.5) is 20.6 Å². The molecule has 8 nitrogen and oxygen atoms in total. The number of alkyl carbamates (subject to hydrolysis) is 1. The maximum Gasteiger partial charge on any atom is 0.407 e. The summed E-state index contributed by atoms with van der Waals surface area (Å²) in [6.07, 6.45) is 5.38. The van der Waals surface area contributed by atoms with Crippen molar-refractivity contribution in [1.82, 2.24) is 14.9 Å². The first-order valence-corrected chi connectivity index (χ1v) is 12.4. The van der Waals surface area contributed by atoms with Crippen molar-refractivity contribution in [2.75, 3.05) is 5.32 Å². The van der Waals surface area contributed by atoms with Gasteiger partial charge < -0.3 is 21.1 Å². The number of carbonyl (C=O) groups excluding carboxylic acids is 1. The molecule has 1 fully saturated rings. The van der Waals surface area contributed by atoms with Crippen molar-refractivity contribution < 1.29 is 13.9 Å². The summed E-state index contributed by atoms with van der Waals surface area (Å²) in [5.74, 6) is -0.313. The number of anilines is 1. The van der Waals surface area contributed by atoms with E-state index < -0.39 is 17.5 Å². The van der Waals surface area contributed by atoms with Gasteiger partial charge in [-0.05, 0) is 74.2 Å². The van der Waals surface area contributed by atoms with Crippen LogP contribution < -0.4 is 16.4 Å². The average molecular weight is 566 g/mol. The lowest BCUT2D eigenvalue weighted by molar-refractivity contribution is 0.0505. The summed E-state index contributed by atoms with van der Waals surface area (Å²) in [5, 5.41) is 11.2. The Kier molecular flexibility index (Phi) is 7.23. The van der Waals surface area contributed by atoms with Crippen molar-refractivity contribution in [3.8, 4) is 0 Å². The van der Waals surface area contributed by atoms with Gasteiger partial charge in [-0.3, -0.25) is 0 Å². The summed E-state index contributed by atoms with van der Waals surface area (Å²) < 4.78 is 21.7. The normalized spacial score (nSPS) is 18.6. The first kappa shape index (κ1) is 25.2. The van der Waals surface area contributed by atoms with E-state index in [2.05, 4.69) is 36.7 Å². The number of amidine groups is 1. The van der Waals surface area contributed by atoms with Crippen molar-refractivity contribution >= 4 is 56.4 Å². The average Bonchev–Trinajstić information content (AvgIpc) is 3.34. The minimum atomic E-state index is -0.554. The Morgan fingerprint density at radius 1 is 1.31 bits per heavy atom. The predicted molar refractivity (Wildman–Crippen MR) is 139 cm³/mol. The molecule has 35 heavy (non-hydrogen) atoms. The number of benzene rings is 1. The monoisotopic (exact) mass is 564 g/mol. The number of hydrogen-bond donors (Lipinski definition) is 3. The summed E-state index contributed by atoms with van der Waals surface area (Å²) >= 11 is 9.68. The Labute approximate surface area is 216 Å². The molecule has 3 aromatic rings. The highest BCUT2D eigenvalue weighted by molar-refractivity contribution is 9.10. The number of amides is 1. The standard InChI is InChI=1S/C24H27BrClFN6O2/c1-24(2,3)35-23(34)31-16-6-5-15(10-16)30-21-17(11-29-33-12-13(25)8-20(21)33)22(28)32-19-9-14(27)4-7-18(19)26/h4,7-9,11-12,15-16,30H,5-6,10H2,1-3H3,(H2,28,32)(H,31,34)/t15-,16+/m0/s1. The van der Waals surface area contributed by atoms with E-state index in [0.29, 0.717) is 12.0 Å². The highest BCUT2D eigenvalue weighted by Crippen LogP contribution is 2.32. The predicted octanol–water partition coefficient (Wildman–Crippen LogP) is 5.78. The van der Waals surface area contributed by atoms with Gasteiger partial charge in [-0.25, -0.2) is 18.7 Å². The zero-order valence-corrected chi connectivity index (χ0v) is 22.0. The van der Waals surface area contributed by atoms with E-state index in [-0.39, 0.29) is 28.6 Å². The summed E-state index contributed by atoms with van der Waals surface area (Å²) in [5.41, 5.74) is 8.14. The molecule has 0 saturated heterocycles. The van der Waals surface area contributed by atoms with Crippen molar-refractivity contribution in [2.45, 2.75) is 57.7 Å². The molecule has 0 aliphatic heterocycles. The van der Waals surface area contributed by atoms with E-state index in [1.807, 2.05) is 33.0 Å². The summed E-state index contributed by atoms with van der Waals surface area (Å²) in [6.45, 7) is 5.50. The molecule has 1 aliphatic carbocycles. The maximum absolute atomic E-state index is 13.7. The molecule has 186 valence electrons.